The number of benzene rings is 2. The number of carbonyl (C=O) groups is 2. The molecule has 2 amide bonds. The zero-order valence-corrected chi connectivity index (χ0v) is 21.8. The monoisotopic (exact) mass is 497 g/mol. The number of fused-ring (bicyclic) bond motifs is 2. The van der Waals surface area contributed by atoms with Gasteiger partial charge in [0, 0.05) is 15.8 Å². The van der Waals surface area contributed by atoms with Gasteiger partial charge in [-0.1, -0.05) is 50.1 Å². The van der Waals surface area contributed by atoms with Crippen molar-refractivity contribution < 1.29 is 9.59 Å². The zero-order valence-electron chi connectivity index (χ0n) is 21.0. The topological polar surface area (TPSA) is 85.1 Å². The number of anilines is 1. The number of aryl methyl sites for hydroxylation is 2. The fourth-order valence-corrected chi connectivity index (χ4v) is 6.60. The molecule has 0 bridgehead atoms. The molecule has 1 aliphatic rings. The molecule has 5 nitrogen and oxygen atoms in total. The fraction of sp³-hybridized carbons (Fsp3) is 0.300. The van der Waals surface area contributed by atoms with Gasteiger partial charge in [-0.05, 0) is 73.9 Å². The first-order chi connectivity index (χ1) is 17.4. The maximum Gasteiger partial charge on any atom is 0.257 e. The van der Waals surface area contributed by atoms with Crippen molar-refractivity contribution in [1.82, 2.24) is 4.98 Å². The number of aromatic nitrogens is 1. The van der Waals surface area contributed by atoms with Gasteiger partial charge in [0.2, 0.25) is 0 Å². The van der Waals surface area contributed by atoms with Gasteiger partial charge < -0.3 is 11.1 Å². The Kier molecular flexibility index (Phi) is 6.63. The van der Waals surface area contributed by atoms with Gasteiger partial charge in [-0.25, -0.2) is 4.98 Å². The molecule has 0 unspecified atom stereocenters. The maximum absolute atomic E-state index is 13.7. The molecule has 3 N–H and O–H groups in total. The first-order valence-corrected chi connectivity index (χ1v) is 13.4. The highest BCUT2D eigenvalue weighted by molar-refractivity contribution is 7.17. The Hall–Kier alpha value is -3.51. The van der Waals surface area contributed by atoms with Crippen molar-refractivity contribution in [3.8, 4) is 11.3 Å². The van der Waals surface area contributed by atoms with Crippen molar-refractivity contribution in [3.05, 3.63) is 81.2 Å². The average Bonchev–Trinajstić information content (AvgIpc) is 3.22. The lowest BCUT2D eigenvalue weighted by atomic mass is 9.84. The highest BCUT2D eigenvalue weighted by atomic mass is 32.1. The third-order valence-corrected chi connectivity index (χ3v) is 8.47. The van der Waals surface area contributed by atoms with Crippen LogP contribution in [0.5, 0.6) is 0 Å². The maximum atomic E-state index is 13.7. The van der Waals surface area contributed by atoms with Crippen LogP contribution in [-0.2, 0) is 12.8 Å². The van der Waals surface area contributed by atoms with Crippen molar-refractivity contribution in [2.45, 2.75) is 52.9 Å². The van der Waals surface area contributed by atoms with E-state index in [-0.39, 0.29) is 5.91 Å². The standard InChI is InChI=1S/C30H31N3O2S/c1-4-7-19-11-13-22-26(15-19)36-30(27(22)28(31)34)33-29(35)23-16-25(20-12-10-17(2)18(3)14-20)32-24-9-6-5-8-21(23)24/h5-6,8-10,12,14,16,19H,4,7,11,13,15H2,1-3H3,(H2,31,34)(H,33,35)/t19-/m1/s1. The Bertz CT molecular complexity index is 1490. The van der Waals surface area contributed by atoms with Gasteiger partial charge in [0.05, 0.1) is 22.3 Å². The number of nitrogens with two attached hydrogens (primary N) is 1. The van der Waals surface area contributed by atoms with Gasteiger partial charge in [-0.3, -0.25) is 9.59 Å². The molecule has 4 aromatic rings. The van der Waals surface area contributed by atoms with E-state index in [9.17, 15) is 9.59 Å². The molecule has 0 saturated heterocycles. The van der Waals surface area contributed by atoms with Crippen LogP contribution in [0.1, 0.15) is 68.5 Å². The second-order valence-electron chi connectivity index (χ2n) is 9.80. The van der Waals surface area contributed by atoms with Crippen molar-refractivity contribution >= 4 is 39.1 Å². The van der Waals surface area contributed by atoms with Gasteiger partial charge in [-0.15, -0.1) is 11.3 Å². The Labute approximate surface area is 215 Å². The predicted octanol–water partition coefficient (Wildman–Crippen LogP) is 6.84. The number of para-hydroxylation sites is 1. The van der Waals surface area contributed by atoms with Gasteiger partial charge in [-0.2, -0.15) is 0 Å². The summed E-state index contributed by atoms with van der Waals surface area (Å²) < 4.78 is 0. The number of carbonyl (C=O) groups excluding carboxylic acids is 2. The van der Waals surface area contributed by atoms with Crippen LogP contribution in [0.15, 0.2) is 48.5 Å². The van der Waals surface area contributed by atoms with E-state index in [2.05, 4.69) is 38.2 Å². The number of thiophene rings is 1. The molecule has 0 fully saturated rings. The van der Waals surface area contributed by atoms with Gasteiger partial charge in [0.25, 0.3) is 11.8 Å². The summed E-state index contributed by atoms with van der Waals surface area (Å²) in [6.07, 6.45) is 5.16. The lowest BCUT2D eigenvalue weighted by Crippen LogP contribution is -2.20. The molecule has 2 aromatic carbocycles. The van der Waals surface area contributed by atoms with E-state index in [0.29, 0.717) is 22.0 Å². The highest BCUT2D eigenvalue weighted by Gasteiger charge is 2.29. The molecular formula is C30H31N3O2S. The minimum absolute atomic E-state index is 0.259. The van der Waals surface area contributed by atoms with Crippen molar-refractivity contribution in [2.24, 2.45) is 11.7 Å². The van der Waals surface area contributed by atoms with Crippen LogP contribution in [0.3, 0.4) is 0 Å². The second-order valence-corrected chi connectivity index (χ2v) is 10.9. The van der Waals surface area contributed by atoms with E-state index in [1.807, 2.05) is 36.4 Å². The molecule has 2 heterocycles. The molecule has 2 aromatic heterocycles. The SMILES string of the molecule is CCC[C@@H]1CCc2c(sc(NC(=O)c3cc(-c4ccc(C)c(C)c4)nc4ccccc34)c2C(N)=O)C1. The second kappa shape index (κ2) is 9.86. The molecule has 0 saturated carbocycles. The number of primary amides is 1. The normalized spacial score (nSPS) is 15.0. The predicted molar refractivity (Wildman–Crippen MR) is 148 cm³/mol. The van der Waals surface area contributed by atoms with Crippen LogP contribution in [0, 0.1) is 19.8 Å². The van der Waals surface area contributed by atoms with E-state index in [0.717, 1.165) is 53.4 Å². The molecule has 0 aliphatic heterocycles. The van der Waals surface area contributed by atoms with Crippen LogP contribution in [0.2, 0.25) is 0 Å². The quantitative estimate of drug-likeness (QED) is 0.306. The summed E-state index contributed by atoms with van der Waals surface area (Å²) >= 11 is 1.50. The Morgan fingerprint density at radius 2 is 1.92 bits per heavy atom. The van der Waals surface area contributed by atoms with Crippen molar-refractivity contribution in [1.29, 1.82) is 0 Å². The molecule has 0 radical (unpaired) electrons. The minimum atomic E-state index is -0.479. The third kappa shape index (κ3) is 4.53. The lowest BCUT2D eigenvalue weighted by molar-refractivity contribution is 0.1000. The summed E-state index contributed by atoms with van der Waals surface area (Å²) in [6, 6.07) is 15.7. The summed E-state index contributed by atoms with van der Waals surface area (Å²) in [6.45, 7) is 6.35. The van der Waals surface area contributed by atoms with Gasteiger partial charge >= 0.3 is 0 Å². The Morgan fingerprint density at radius 3 is 2.67 bits per heavy atom. The summed E-state index contributed by atoms with van der Waals surface area (Å²) in [5.41, 5.74) is 12.7. The first kappa shape index (κ1) is 24.2. The van der Waals surface area contributed by atoms with Crippen LogP contribution < -0.4 is 11.1 Å². The van der Waals surface area contributed by atoms with E-state index in [1.54, 1.807) is 0 Å². The number of pyridine rings is 1. The summed E-state index contributed by atoms with van der Waals surface area (Å²) in [4.78, 5) is 32.2. The summed E-state index contributed by atoms with van der Waals surface area (Å²) in [7, 11) is 0. The molecule has 0 spiro atoms. The third-order valence-electron chi connectivity index (χ3n) is 7.30. The Morgan fingerprint density at radius 1 is 1.11 bits per heavy atom. The number of nitrogens with zero attached hydrogens (tertiary/aromatic N) is 1. The van der Waals surface area contributed by atoms with Crippen LogP contribution in [0.25, 0.3) is 22.2 Å². The lowest BCUT2D eigenvalue weighted by Gasteiger charge is -2.21. The summed E-state index contributed by atoms with van der Waals surface area (Å²) in [5, 5.41) is 4.38. The van der Waals surface area contributed by atoms with Crippen LogP contribution in [0.4, 0.5) is 5.00 Å². The van der Waals surface area contributed by atoms with E-state index in [1.165, 1.54) is 33.8 Å². The molecule has 5 rings (SSSR count). The van der Waals surface area contributed by atoms with Crippen LogP contribution in [-0.4, -0.2) is 16.8 Å². The molecule has 6 heteroatoms. The van der Waals surface area contributed by atoms with E-state index < -0.39 is 5.91 Å². The van der Waals surface area contributed by atoms with E-state index in [4.69, 9.17) is 10.7 Å². The number of amides is 2. The Balaban J connectivity index is 1.55. The molecule has 36 heavy (non-hydrogen) atoms. The molecule has 184 valence electrons. The number of hydrogen-bond acceptors (Lipinski definition) is 4. The largest absolute Gasteiger partial charge is 0.365 e. The van der Waals surface area contributed by atoms with Crippen molar-refractivity contribution in [3.63, 3.8) is 0 Å². The number of hydrogen-bond donors (Lipinski definition) is 2. The molecular weight excluding hydrogens is 466 g/mol. The summed E-state index contributed by atoms with van der Waals surface area (Å²) in [5.74, 6) is -0.118. The number of nitrogens with one attached hydrogen (secondary N) is 1. The first-order valence-electron chi connectivity index (χ1n) is 12.6. The van der Waals surface area contributed by atoms with Crippen LogP contribution >= 0.6 is 11.3 Å². The van der Waals surface area contributed by atoms with Gasteiger partial charge in [0.15, 0.2) is 0 Å². The van der Waals surface area contributed by atoms with Gasteiger partial charge in [0.1, 0.15) is 5.00 Å². The molecule has 1 aliphatic carbocycles. The van der Waals surface area contributed by atoms with Crippen molar-refractivity contribution in [2.75, 3.05) is 5.32 Å². The van der Waals surface area contributed by atoms with E-state index >= 15 is 0 Å². The fourth-order valence-electron chi connectivity index (χ4n) is 5.24. The smallest absolute Gasteiger partial charge is 0.257 e. The minimum Gasteiger partial charge on any atom is -0.365 e. The number of rotatable bonds is 6. The highest BCUT2D eigenvalue weighted by Crippen LogP contribution is 2.41. The molecule has 1 atom stereocenters. The average molecular weight is 498 g/mol. The zero-order chi connectivity index (χ0) is 25.4.